The average molecular weight is 397 g/mol. The van der Waals surface area contributed by atoms with E-state index in [9.17, 15) is 18.0 Å². The van der Waals surface area contributed by atoms with E-state index in [1.807, 2.05) is 0 Å². The molecule has 29 heavy (non-hydrogen) atoms. The number of aromatic nitrogens is 4. The normalized spacial score (nSPS) is 10.9. The molecule has 0 saturated carbocycles. The molecule has 4 rings (SSSR count). The molecular formula is C20H14F3N5O. The fourth-order valence-corrected chi connectivity index (χ4v) is 2.92. The molecule has 0 atom stereocenters. The molecule has 0 bridgehead atoms. The van der Waals surface area contributed by atoms with Crippen molar-refractivity contribution in [2.24, 2.45) is 0 Å². The first kappa shape index (κ1) is 18.5. The number of hydrogen-bond acceptors (Lipinski definition) is 3. The van der Waals surface area contributed by atoms with Crippen LogP contribution in [0, 0.1) is 17.5 Å². The third-order valence-corrected chi connectivity index (χ3v) is 4.11. The van der Waals surface area contributed by atoms with E-state index in [4.69, 9.17) is 0 Å². The maximum absolute atomic E-state index is 13.5. The Hall–Kier alpha value is -3.88. The van der Waals surface area contributed by atoms with E-state index < -0.39 is 23.4 Å². The van der Waals surface area contributed by atoms with E-state index in [2.05, 4.69) is 15.6 Å². The van der Waals surface area contributed by atoms with Crippen molar-refractivity contribution in [1.82, 2.24) is 19.6 Å². The van der Waals surface area contributed by atoms with Crippen molar-refractivity contribution < 1.29 is 18.0 Å². The molecule has 0 fully saturated rings. The molecule has 1 amide bonds. The molecule has 9 heteroatoms. The molecule has 1 N–H and O–H groups in total. The van der Waals surface area contributed by atoms with E-state index in [0.717, 1.165) is 12.1 Å². The number of anilines is 1. The molecule has 2 aromatic carbocycles. The molecule has 0 radical (unpaired) electrons. The number of benzene rings is 2. The zero-order valence-electron chi connectivity index (χ0n) is 14.9. The fraction of sp³-hybridized carbons (Fsp3) is 0.0500. The van der Waals surface area contributed by atoms with Crippen LogP contribution in [0.1, 0.15) is 16.1 Å². The number of carbonyl (C=O) groups excluding carboxylic acids is 1. The second kappa shape index (κ2) is 7.63. The number of halogens is 3. The standard InChI is InChI=1S/C20H14F3N5O/c21-14-5-3-4-13(8-14)12-28-20(27-6-1-2-7-27)18(25-26-28)19(29)24-17-10-15(22)9-16(23)11-17/h1-11H,12H2,(H,24,29). The summed E-state index contributed by atoms with van der Waals surface area (Å²) in [5, 5.41) is 10.4. The van der Waals surface area contributed by atoms with Gasteiger partial charge in [-0.2, -0.15) is 0 Å². The van der Waals surface area contributed by atoms with Crippen LogP contribution in [0.4, 0.5) is 18.9 Å². The van der Waals surface area contributed by atoms with Gasteiger partial charge < -0.3 is 9.88 Å². The Labute approximate surface area is 163 Å². The molecular weight excluding hydrogens is 383 g/mol. The van der Waals surface area contributed by atoms with Gasteiger partial charge in [0.2, 0.25) is 0 Å². The Bertz CT molecular complexity index is 1150. The lowest BCUT2D eigenvalue weighted by Crippen LogP contribution is -2.17. The Balaban J connectivity index is 1.69. The average Bonchev–Trinajstić information content (AvgIpc) is 3.30. The predicted molar refractivity (Wildman–Crippen MR) is 99.2 cm³/mol. The van der Waals surface area contributed by atoms with Gasteiger partial charge in [0.1, 0.15) is 17.5 Å². The number of carbonyl (C=O) groups is 1. The summed E-state index contributed by atoms with van der Waals surface area (Å²) in [6, 6.07) is 12.2. The van der Waals surface area contributed by atoms with Crippen LogP contribution in [0.25, 0.3) is 5.82 Å². The van der Waals surface area contributed by atoms with Crippen LogP contribution in [0.2, 0.25) is 0 Å². The maximum atomic E-state index is 13.5. The summed E-state index contributed by atoms with van der Waals surface area (Å²) >= 11 is 0. The first-order valence-electron chi connectivity index (χ1n) is 8.58. The van der Waals surface area contributed by atoms with E-state index in [0.29, 0.717) is 17.4 Å². The minimum Gasteiger partial charge on any atom is -0.320 e. The van der Waals surface area contributed by atoms with Gasteiger partial charge in [-0.25, -0.2) is 17.9 Å². The summed E-state index contributed by atoms with van der Waals surface area (Å²) in [6.07, 6.45) is 3.39. The van der Waals surface area contributed by atoms with Crippen molar-refractivity contribution in [1.29, 1.82) is 0 Å². The van der Waals surface area contributed by atoms with Crippen molar-refractivity contribution in [2.45, 2.75) is 6.54 Å². The van der Waals surface area contributed by atoms with Gasteiger partial charge in [0.25, 0.3) is 5.91 Å². The number of rotatable bonds is 5. The largest absolute Gasteiger partial charge is 0.320 e. The Morgan fingerprint density at radius 3 is 2.34 bits per heavy atom. The summed E-state index contributed by atoms with van der Waals surface area (Å²) < 4.78 is 43.4. The number of amides is 1. The highest BCUT2D eigenvalue weighted by molar-refractivity contribution is 6.04. The Morgan fingerprint density at radius 1 is 0.931 bits per heavy atom. The van der Waals surface area contributed by atoms with Crippen LogP contribution in [-0.2, 0) is 6.54 Å². The highest BCUT2D eigenvalue weighted by Gasteiger charge is 2.22. The molecule has 0 saturated heterocycles. The predicted octanol–water partition coefficient (Wildman–Crippen LogP) is 3.79. The minimum absolute atomic E-state index is 0.0503. The van der Waals surface area contributed by atoms with Crippen molar-refractivity contribution in [3.63, 3.8) is 0 Å². The summed E-state index contributed by atoms with van der Waals surface area (Å²) in [5.41, 5.74) is 0.523. The molecule has 146 valence electrons. The third-order valence-electron chi connectivity index (χ3n) is 4.11. The van der Waals surface area contributed by atoms with Gasteiger partial charge in [-0.15, -0.1) is 5.10 Å². The highest BCUT2D eigenvalue weighted by atomic mass is 19.1. The number of nitrogens with one attached hydrogen (secondary N) is 1. The zero-order valence-corrected chi connectivity index (χ0v) is 14.9. The minimum atomic E-state index is -0.819. The van der Waals surface area contributed by atoms with Crippen LogP contribution in [0.3, 0.4) is 0 Å². The Morgan fingerprint density at radius 2 is 1.66 bits per heavy atom. The van der Waals surface area contributed by atoms with Gasteiger partial charge in [0.05, 0.1) is 6.54 Å². The maximum Gasteiger partial charge on any atom is 0.280 e. The Kier molecular flexibility index (Phi) is 4.86. The van der Waals surface area contributed by atoms with Gasteiger partial charge in [-0.3, -0.25) is 4.79 Å². The second-order valence-electron chi connectivity index (χ2n) is 6.25. The summed E-state index contributed by atoms with van der Waals surface area (Å²) in [6.45, 7) is 0.167. The third kappa shape index (κ3) is 4.03. The van der Waals surface area contributed by atoms with E-state index in [1.165, 1.54) is 16.8 Å². The first-order valence-corrected chi connectivity index (χ1v) is 8.58. The molecule has 0 aliphatic carbocycles. The van der Waals surface area contributed by atoms with E-state index in [1.54, 1.807) is 41.2 Å². The monoisotopic (exact) mass is 397 g/mol. The van der Waals surface area contributed by atoms with Gasteiger partial charge in [-0.1, -0.05) is 17.3 Å². The number of nitrogens with zero attached hydrogens (tertiary/aromatic N) is 4. The quantitative estimate of drug-likeness (QED) is 0.557. The van der Waals surface area contributed by atoms with Gasteiger partial charge in [0, 0.05) is 24.1 Å². The van der Waals surface area contributed by atoms with Crippen LogP contribution >= 0.6 is 0 Å². The van der Waals surface area contributed by atoms with Gasteiger partial charge >= 0.3 is 0 Å². The molecule has 6 nitrogen and oxygen atoms in total. The van der Waals surface area contributed by atoms with Gasteiger partial charge in [0.15, 0.2) is 11.5 Å². The summed E-state index contributed by atoms with van der Waals surface area (Å²) in [5.74, 6) is -2.39. The molecule has 2 heterocycles. The van der Waals surface area contributed by atoms with Crippen molar-refractivity contribution in [3.8, 4) is 5.82 Å². The first-order chi connectivity index (χ1) is 14.0. The van der Waals surface area contributed by atoms with E-state index in [-0.39, 0.29) is 17.9 Å². The smallest absolute Gasteiger partial charge is 0.280 e. The highest BCUT2D eigenvalue weighted by Crippen LogP contribution is 2.18. The van der Waals surface area contributed by atoms with Crippen LogP contribution in [-0.4, -0.2) is 25.5 Å². The van der Waals surface area contributed by atoms with Crippen molar-refractivity contribution >= 4 is 11.6 Å². The fourth-order valence-electron chi connectivity index (χ4n) is 2.92. The molecule has 4 aromatic rings. The second-order valence-corrected chi connectivity index (χ2v) is 6.25. The van der Waals surface area contributed by atoms with Crippen LogP contribution in [0.15, 0.2) is 67.0 Å². The van der Waals surface area contributed by atoms with Crippen molar-refractivity contribution in [2.75, 3.05) is 5.32 Å². The molecule has 0 aliphatic rings. The topological polar surface area (TPSA) is 64.7 Å². The molecule has 0 unspecified atom stereocenters. The van der Waals surface area contributed by atoms with Crippen LogP contribution < -0.4 is 5.32 Å². The van der Waals surface area contributed by atoms with Crippen LogP contribution in [0.5, 0.6) is 0 Å². The lowest BCUT2D eigenvalue weighted by atomic mass is 10.2. The molecule has 0 aliphatic heterocycles. The van der Waals surface area contributed by atoms with Crippen molar-refractivity contribution in [3.05, 3.63) is 95.7 Å². The lowest BCUT2D eigenvalue weighted by molar-refractivity contribution is 0.102. The molecule has 2 aromatic heterocycles. The zero-order chi connectivity index (χ0) is 20.4. The number of hydrogen-bond donors (Lipinski definition) is 1. The lowest BCUT2D eigenvalue weighted by Gasteiger charge is -2.10. The molecule has 0 spiro atoms. The summed E-state index contributed by atoms with van der Waals surface area (Å²) in [4.78, 5) is 12.7. The van der Waals surface area contributed by atoms with E-state index >= 15 is 0 Å². The SMILES string of the molecule is O=C(Nc1cc(F)cc(F)c1)c1nnn(Cc2cccc(F)c2)c1-n1cccc1. The summed E-state index contributed by atoms with van der Waals surface area (Å²) in [7, 11) is 0. The van der Waals surface area contributed by atoms with Gasteiger partial charge in [-0.05, 0) is 42.0 Å².